The minimum Gasteiger partial charge on any atom is -0.300 e. The topological polar surface area (TPSA) is 3.24 Å². The van der Waals surface area contributed by atoms with Crippen molar-refractivity contribution >= 4 is 0 Å². The first-order chi connectivity index (χ1) is 6.26. The highest BCUT2D eigenvalue weighted by Crippen LogP contribution is 2.48. The molecule has 1 atom stereocenters. The molecule has 1 aliphatic carbocycles. The molecule has 2 fully saturated rings. The fourth-order valence-corrected chi connectivity index (χ4v) is 3.03. The molecule has 1 nitrogen and oxygen atoms in total. The lowest BCUT2D eigenvalue weighted by molar-refractivity contribution is 0.125. The molecule has 0 aromatic rings. The fraction of sp³-hybridized carbons (Fsp3) is 1.00. The molecular formula is C12H23N. The first kappa shape index (κ1) is 9.51. The van der Waals surface area contributed by atoms with Crippen molar-refractivity contribution in [1.82, 2.24) is 4.90 Å². The Balaban J connectivity index is 1.83. The van der Waals surface area contributed by atoms with Gasteiger partial charge < -0.3 is 4.90 Å². The maximum Gasteiger partial charge on any atom is 0.00670 e. The summed E-state index contributed by atoms with van der Waals surface area (Å²) in [5, 5.41) is 0. The minimum absolute atomic E-state index is 0.794. The van der Waals surface area contributed by atoms with Gasteiger partial charge in [0.2, 0.25) is 0 Å². The van der Waals surface area contributed by atoms with Crippen molar-refractivity contribution in [3.05, 3.63) is 0 Å². The zero-order chi connectivity index (χ0) is 9.31. The molecule has 1 unspecified atom stereocenters. The van der Waals surface area contributed by atoms with E-state index in [-0.39, 0.29) is 0 Å². The van der Waals surface area contributed by atoms with Gasteiger partial charge in [-0.2, -0.15) is 0 Å². The van der Waals surface area contributed by atoms with E-state index in [1.807, 2.05) is 0 Å². The third-order valence-corrected chi connectivity index (χ3v) is 4.21. The highest BCUT2D eigenvalue weighted by molar-refractivity contribution is 4.96. The predicted octanol–water partition coefficient (Wildman–Crippen LogP) is 3.05. The number of nitrogens with zero attached hydrogens (tertiary/aromatic N) is 1. The van der Waals surface area contributed by atoms with Gasteiger partial charge in [0, 0.05) is 12.6 Å². The maximum atomic E-state index is 2.72. The average molecular weight is 181 g/mol. The molecule has 1 aliphatic heterocycles. The fourth-order valence-electron chi connectivity index (χ4n) is 3.03. The molecule has 1 heteroatoms. The normalized spacial score (nSPS) is 29.1. The molecule has 0 aromatic heterocycles. The second-order valence-corrected chi connectivity index (χ2v) is 5.21. The zero-order valence-corrected chi connectivity index (χ0v) is 9.18. The molecule has 1 saturated heterocycles. The third kappa shape index (κ3) is 1.76. The molecule has 1 heterocycles. The van der Waals surface area contributed by atoms with E-state index >= 15 is 0 Å². The Hall–Kier alpha value is -0.0400. The van der Waals surface area contributed by atoms with E-state index in [1.54, 1.807) is 0 Å². The minimum atomic E-state index is 0.794. The van der Waals surface area contributed by atoms with Crippen LogP contribution in [0.3, 0.4) is 0 Å². The van der Waals surface area contributed by atoms with Crippen LogP contribution in [0, 0.1) is 5.41 Å². The van der Waals surface area contributed by atoms with Crippen LogP contribution >= 0.6 is 0 Å². The lowest BCUT2D eigenvalue weighted by atomic mass is 9.68. The molecule has 0 amide bonds. The van der Waals surface area contributed by atoms with Crippen LogP contribution in [0.15, 0.2) is 0 Å². The van der Waals surface area contributed by atoms with Crippen LogP contribution in [0.5, 0.6) is 0 Å². The van der Waals surface area contributed by atoms with E-state index < -0.39 is 0 Å². The molecule has 76 valence electrons. The van der Waals surface area contributed by atoms with Crippen LogP contribution in [0.4, 0.5) is 0 Å². The Kier molecular flexibility index (Phi) is 2.64. The molecule has 0 radical (unpaired) electrons. The quantitative estimate of drug-likeness (QED) is 0.647. The summed E-state index contributed by atoms with van der Waals surface area (Å²) in [4.78, 5) is 2.72. The van der Waals surface area contributed by atoms with Gasteiger partial charge in [0.05, 0.1) is 0 Å². The summed E-state index contributed by atoms with van der Waals surface area (Å²) in [7, 11) is 0. The Morgan fingerprint density at radius 1 is 1.31 bits per heavy atom. The zero-order valence-electron chi connectivity index (χ0n) is 9.18. The largest absolute Gasteiger partial charge is 0.300 e. The molecule has 1 saturated carbocycles. The van der Waals surface area contributed by atoms with Gasteiger partial charge in [-0.25, -0.2) is 0 Å². The maximum absolute atomic E-state index is 2.72. The second-order valence-electron chi connectivity index (χ2n) is 5.21. The molecule has 13 heavy (non-hydrogen) atoms. The lowest BCUT2D eigenvalue weighted by Crippen LogP contribution is -2.36. The SMILES string of the molecule is CCCC(C)N1CCC2(CCC2)C1. The van der Waals surface area contributed by atoms with Crippen LogP contribution in [0.1, 0.15) is 52.4 Å². The third-order valence-electron chi connectivity index (χ3n) is 4.21. The molecule has 0 bridgehead atoms. The smallest absolute Gasteiger partial charge is 0.00670 e. The van der Waals surface area contributed by atoms with Crippen molar-refractivity contribution in [3.8, 4) is 0 Å². The standard InChI is InChI=1S/C12H23N/c1-3-5-11(2)13-9-8-12(10-13)6-4-7-12/h11H,3-10H2,1-2H3. The Labute approximate surface area is 82.5 Å². The Bertz CT molecular complexity index is 172. The van der Waals surface area contributed by atoms with Crippen molar-refractivity contribution in [2.75, 3.05) is 13.1 Å². The molecule has 1 spiro atoms. The lowest BCUT2D eigenvalue weighted by Gasteiger charge is -2.39. The summed E-state index contributed by atoms with van der Waals surface area (Å²) in [5.41, 5.74) is 0.794. The van der Waals surface area contributed by atoms with Crippen molar-refractivity contribution < 1.29 is 0 Å². The molecular weight excluding hydrogens is 158 g/mol. The van der Waals surface area contributed by atoms with E-state index in [4.69, 9.17) is 0 Å². The van der Waals surface area contributed by atoms with Crippen LogP contribution in [0.25, 0.3) is 0 Å². The van der Waals surface area contributed by atoms with Crippen molar-refractivity contribution in [1.29, 1.82) is 0 Å². The van der Waals surface area contributed by atoms with E-state index in [0.717, 1.165) is 11.5 Å². The summed E-state index contributed by atoms with van der Waals surface area (Å²) in [6.45, 7) is 7.49. The molecule has 0 N–H and O–H groups in total. The monoisotopic (exact) mass is 181 g/mol. The van der Waals surface area contributed by atoms with Gasteiger partial charge in [-0.1, -0.05) is 19.8 Å². The summed E-state index contributed by atoms with van der Waals surface area (Å²) < 4.78 is 0. The van der Waals surface area contributed by atoms with Crippen molar-refractivity contribution in [3.63, 3.8) is 0 Å². The average Bonchev–Trinajstić information content (AvgIpc) is 2.47. The van der Waals surface area contributed by atoms with E-state index in [0.29, 0.717) is 0 Å². The first-order valence-electron chi connectivity index (χ1n) is 6.00. The molecule has 2 rings (SSSR count). The number of rotatable bonds is 3. The van der Waals surface area contributed by atoms with Crippen LogP contribution < -0.4 is 0 Å². The van der Waals surface area contributed by atoms with E-state index in [9.17, 15) is 0 Å². The number of likely N-dealkylation sites (tertiary alicyclic amines) is 1. The Morgan fingerprint density at radius 3 is 2.54 bits per heavy atom. The van der Waals surface area contributed by atoms with Gasteiger partial charge >= 0.3 is 0 Å². The number of hydrogen-bond donors (Lipinski definition) is 0. The Morgan fingerprint density at radius 2 is 2.08 bits per heavy atom. The highest BCUT2D eigenvalue weighted by atomic mass is 15.2. The summed E-state index contributed by atoms with van der Waals surface area (Å²) in [6.07, 6.45) is 8.74. The predicted molar refractivity (Wildman–Crippen MR) is 56.8 cm³/mol. The molecule has 0 aromatic carbocycles. The van der Waals surface area contributed by atoms with Gasteiger partial charge in [0.15, 0.2) is 0 Å². The number of hydrogen-bond acceptors (Lipinski definition) is 1. The van der Waals surface area contributed by atoms with E-state index in [1.165, 1.54) is 51.6 Å². The summed E-state index contributed by atoms with van der Waals surface area (Å²) >= 11 is 0. The van der Waals surface area contributed by atoms with Gasteiger partial charge in [-0.15, -0.1) is 0 Å². The summed E-state index contributed by atoms with van der Waals surface area (Å²) in [5.74, 6) is 0. The molecule has 2 aliphatic rings. The highest BCUT2D eigenvalue weighted by Gasteiger charge is 2.43. The van der Waals surface area contributed by atoms with Gasteiger partial charge in [0.25, 0.3) is 0 Å². The van der Waals surface area contributed by atoms with Gasteiger partial charge in [0.1, 0.15) is 0 Å². The van der Waals surface area contributed by atoms with Gasteiger partial charge in [-0.05, 0) is 44.6 Å². The van der Waals surface area contributed by atoms with Crippen LogP contribution in [-0.2, 0) is 0 Å². The van der Waals surface area contributed by atoms with Crippen molar-refractivity contribution in [2.45, 2.75) is 58.4 Å². The van der Waals surface area contributed by atoms with Crippen LogP contribution in [-0.4, -0.2) is 24.0 Å². The summed E-state index contributed by atoms with van der Waals surface area (Å²) in [6, 6.07) is 0.838. The van der Waals surface area contributed by atoms with Crippen LogP contribution in [0.2, 0.25) is 0 Å². The van der Waals surface area contributed by atoms with E-state index in [2.05, 4.69) is 18.7 Å². The van der Waals surface area contributed by atoms with Crippen molar-refractivity contribution in [2.24, 2.45) is 5.41 Å². The second kappa shape index (κ2) is 3.61. The first-order valence-corrected chi connectivity index (χ1v) is 6.00. The van der Waals surface area contributed by atoms with Gasteiger partial charge in [-0.3, -0.25) is 0 Å².